The summed E-state index contributed by atoms with van der Waals surface area (Å²) in [6.45, 7) is 2.24. The summed E-state index contributed by atoms with van der Waals surface area (Å²) in [5.41, 5.74) is 1.46. The van der Waals surface area contributed by atoms with E-state index in [2.05, 4.69) is 20.8 Å². The van der Waals surface area contributed by atoms with E-state index in [9.17, 15) is 4.79 Å². The number of aromatic nitrogens is 2. The van der Waals surface area contributed by atoms with Gasteiger partial charge in [0.15, 0.2) is 0 Å². The molecule has 2 N–H and O–H groups in total. The zero-order chi connectivity index (χ0) is 15.4. The molecule has 0 spiro atoms. The van der Waals surface area contributed by atoms with Crippen molar-refractivity contribution in [2.24, 2.45) is 0 Å². The first-order chi connectivity index (χ1) is 10.7. The number of thiophene rings is 1. The Morgan fingerprint density at radius 1 is 1.32 bits per heavy atom. The number of hydrogen-bond acceptors (Lipinski definition) is 5. The first-order valence-electron chi connectivity index (χ1n) is 6.69. The molecule has 0 atom stereocenters. The highest BCUT2D eigenvalue weighted by Gasteiger charge is 2.08. The molecule has 3 rings (SSSR count). The summed E-state index contributed by atoms with van der Waals surface area (Å²) in [6, 6.07) is 11.0. The molecule has 0 aliphatic heterocycles. The van der Waals surface area contributed by atoms with Crippen LogP contribution in [0.1, 0.15) is 10.8 Å². The smallest absolute Gasteiger partial charge is 0.319 e. The number of aryl methyl sites for hydroxylation is 1. The molecule has 0 saturated carbocycles. The van der Waals surface area contributed by atoms with Crippen LogP contribution in [0, 0.1) is 6.92 Å². The van der Waals surface area contributed by atoms with Crippen molar-refractivity contribution in [1.82, 2.24) is 15.5 Å². The topological polar surface area (TPSA) is 80.0 Å². The average Bonchev–Trinajstić information content (AvgIpc) is 3.17. The molecule has 22 heavy (non-hydrogen) atoms. The van der Waals surface area contributed by atoms with Gasteiger partial charge in [-0.25, -0.2) is 4.79 Å². The van der Waals surface area contributed by atoms with Crippen LogP contribution in [-0.4, -0.2) is 16.2 Å². The van der Waals surface area contributed by atoms with Crippen LogP contribution in [0.25, 0.3) is 11.4 Å². The minimum absolute atomic E-state index is 0.255. The summed E-state index contributed by atoms with van der Waals surface area (Å²) < 4.78 is 4.96. The third-order valence-corrected chi connectivity index (χ3v) is 3.79. The molecule has 0 radical (unpaired) electrons. The van der Waals surface area contributed by atoms with Gasteiger partial charge in [0, 0.05) is 23.1 Å². The van der Waals surface area contributed by atoms with Crippen molar-refractivity contribution in [3.8, 4) is 11.4 Å². The molecule has 7 heteroatoms. The molecule has 112 valence electrons. The zero-order valence-electron chi connectivity index (χ0n) is 11.9. The van der Waals surface area contributed by atoms with Gasteiger partial charge in [-0.3, -0.25) is 0 Å². The fourth-order valence-corrected chi connectivity index (χ4v) is 2.55. The SMILES string of the molecule is Cc1nc(-c2cccc(NC(=O)NCc3cccs3)c2)no1. The number of urea groups is 1. The van der Waals surface area contributed by atoms with E-state index in [0.717, 1.165) is 10.4 Å². The molecule has 0 saturated heterocycles. The first kappa shape index (κ1) is 14.3. The number of carbonyl (C=O) groups is 1. The van der Waals surface area contributed by atoms with Crippen LogP contribution in [0.2, 0.25) is 0 Å². The third kappa shape index (κ3) is 3.50. The lowest BCUT2D eigenvalue weighted by atomic mass is 10.2. The van der Waals surface area contributed by atoms with Gasteiger partial charge in [-0.05, 0) is 23.6 Å². The third-order valence-electron chi connectivity index (χ3n) is 2.91. The van der Waals surface area contributed by atoms with Gasteiger partial charge in [0.1, 0.15) is 0 Å². The van der Waals surface area contributed by atoms with Crippen molar-refractivity contribution in [3.63, 3.8) is 0 Å². The Morgan fingerprint density at radius 3 is 2.95 bits per heavy atom. The fourth-order valence-electron chi connectivity index (χ4n) is 1.91. The number of nitrogens with zero attached hydrogens (tertiary/aromatic N) is 2. The van der Waals surface area contributed by atoms with Gasteiger partial charge in [-0.2, -0.15) is 4.98 Å². The van der Waals surface area contributed by atoms with Crippen molar-refractivity contribution in [2.75, 3.05) is 5.32 Å². The van der Waals surface area contributed by atoms with E-state index in [1.54, 1.807) is 30.4 Å². The molecule has 3 aromatic rings. The maximum atomic E-state index is 11.9. The number of carbonyl (C=O) groups excluding carboxylic acids is 1. The first-order valence-corrected chi connectivity index (χ1v) is 7.56. The number of amides is 2. The molecule has 2 heterocycles. The van der Waals surface area contributed by atoms with Crippen LogP contribution in [0.15, 0.2) is 46.3 Å². The molecule has 2 aromatic heterocycles. The van der Waals surface area contributed by atoms with Gasteiger partial charge in [-0.15, -0.1) is 11.3 Å². The van der Waals surface area contributed by atoms with Gasteiger partial charge in [0.2, 0.25) is 11.7 Å². The lowest BCUT2D eigenvalue weighted by Gasteiger charge is -2.07. The number of anilines is 1. The summed E-state index contributed by atoms with van der Waals surface area (Å²) in [7, 11) is 0. The second-order valence-corrected chi connectivity index (χ2v) is 5.64. The van der Waals surface area contributed by atoms with Gasteiger partial charge < -0.3 is 15.2 Å². The maximum absolute atomic E-state index is 11.9. The Kier molecular flexibility index (Phi) is 4.15. The molecule has 0 bridgehead atoms. The maximum Gasteiger partial charge on any atom is 0.319 e. The number of nitrogens with one attached hydrogen (secondary N) is 2. The fraction of sp³-hybridized carbons (Fsp3) is 0.133. The predicted molar refractivity (Wildman–Crippen MR) is 84.6 cm³/mol. The lowest BCUT2D eigenvalue weighted by Crippen LogP contribution is -2.27. The van der Waals surface area contributed by atoms with Crippen molar-refractivity contribution >= 4 is 23.1 Å². The van der Waals surface area contributed by atoms with Crippen LogP contribution in [-0.2, 0) is 6.54 Å². The zero-order valence-corrected chi connectivity index (χ0v) is 12.7. The summed E-state index contributed by atoms with van der Waals surface area (Å²) in [6.07, 6.45) is 0. The number of benzene rings is 1. The Labute approximate surface area is 131 Å². The van der Waals surface area contributed by atoms with E-state index in [-0.39, 0.29) is 6.03 Å². The monoisotopic (exact) mass is 314 g/mol. The van der Waals surface area contributed by atoms with Gasteiger partial charge >= 0.3 is 6.03 Å². The van der Waals surface area contributed by atoms with E-state index in [4.69, 9.17) is 4.52 Å². The van der Waals surface area contributed by atoms with E-state index >= 15 is 0 Å². The van der Waals surface area contributed by atoms with Crippen molar-refractivity contribution in [1.29, 1.82) is 0 Å². The Morgan fingerprint density at radius 2 is 2.23 bits per heavy atom. The predicted octanol–water partition coefficient (Wildman–Crippen LogP) is 3.43. The molecule has 0 unspecified atom stereocenters. The van der Waals surface area contributed by atoms with Crippen molar-refractivity contribution < 1.29 is 9.32 Å². The Hall–Kier alpha value is -2.67. The highest BCUT2D eigenvalue weighted by molar-refractivity contribution is 7.09. The molecular weight excluding hydrogens is 300 g/mol. The van der Waals surface area contributed by atoms with Crippen LogP contribution < -0.4 is 10.6 Å². The molecule has 0 aliphatic carbocycles. The van der Waals surface area contributed by atoms with Crippen LogP contribution >= 0.6 is 11.3 Å². The lowest BCUT2D eigenvalue weighted by molar-refractivity contribution is 0.252. The summed E-state index contributed by atoms with van der Waals surface area (Å²) in [5.74, 6) is 1.00. The van der Waals surface area contributed by atoms with Gasteiger partial charge in [0.25, 0.3) is 0 Å². The van der Waals surface area contributed by atoms with Crippen LogP contribution in [0.4, 0.5) is 10.5 Å². The van der Waals surface area contributed by atoms with Crippen molar-refractivity contribution in [2.45, 2.75) is 13.5 Å². The van der Waals surface area contributed by atoms with Crippen molar-refractivity contribution in [3.05, 3.63) is 52.5 Å². The normalized spacial score (nSPS) is 10.4. The van der Waals surface area contributed by atoms with E-state index in [1.165, 1.54) is 0 Å². The highest BCUT2D eigenvalue weighted by atomic mass is 32.1. The van der Waals surface area contributed by atoms with Crippen LogP contribution in [0.3, 0.4) is 0 Å². The minimum Gasteiger partial charge on any atom is -0.339 e. The minimum atomic E-state index is -0.255. The second-order valence-electron chi connectivity index (χ2n) is 4.60. The molecule has 0 fully saturated rings. The molecular formula is C15H14N4O2S. The molecule has 1 aromatic carbocycles. The average molecular weight is 314 g/mol. The molecule has 6 nitrogen and oxygen atoms in total. The quantitative estimate of drug-likeness (QED) is 0.773. The van der Waals surface area contributed by atoms with E-state index < -0.39 is 0 Å². The molecule has 0 aliphatic rings. The van der Waals surface area contributed by atoms with Crippen LogP contribution in [0.5, 0.6) is 0 Å². The molecule has 2 amide bonds. The Balaban J connectivity index is 1.63. The summed E-state index contributed by atoms with van der Waals surface area (Å²) in [4.78, 5) is 17.2. The summed E-state index contributed by atoms with van der Waals surface area (Å²) in [5, 5.41) is 11.4. The standard InChI is InChI=1S/C15H14N4O2S/c1-10-17-14(19-21-10)11-4-2-5-12(8-11)18-15(20)16-9-13-6-3-7-22-13/h2-8H,9H2,1H3,(H2,16,18,20). The summed E-state index contributed by atoms with van der Waals surface area (Å²) >= 11 is 1.60. The van der Waals surface area contributed by atoms with Gasteiger partial charge in [-0.1, -0.05) is 23.4 Å². The Bertz CT molecular complexity index is 767. The number of rotatable bonds is 4. The van der Waals surface area contributed by atoms with E-state index in [0.29, 0.717) is 23.9 Å². The highest BCUT2D eigenvalue weighted by Crippen LogP contribution is 2.19. The largest absolute Gasteiger partial charge is 0.339 e. The second kappa shape index (κ2) is 6.40. The van der Waals surface area contributed by atoms with E-state index in [1.807, 2.05) is 29.6 Å². The van der Waals surface area contributed by atoms with Gasteiger partial charge in [0.05, 0.1) is 6.54 Å². The number of hydrogen-bond donors (Lipinski definition) is 2.